The lowest BCUT2D eigenvalue weighted by Gasteiger charge is -2.18. The molecule has 0 amide bonds. The fraction of sp³-hybridized carbons (Fsp3) is 0.250. The van der Waals surface area contributed by atoms with E-state index >= 15 is 0 Å². The lowest BCUT2D eigenvalue weighted by atomic mass is 9.96. The van der Waals surface area contributed by atoms with Gasteiger partial charge in [0, 0.05) is 6.07 Å². The van der Waals surface area contributed by atoms with Crippen LogP contribution in [0.25, 0.3) is 11.3 Å². The van der Waals surface area contributed by atoms with Gasteiger partial charge in [-0.25, -0.2) is 0 Å². The molecular weight excluding hydrogens is 202 g/mol. The third-order valence-electron chi connectivity index (χ3n) is 2.48. The minimum absolute atomic E-state index is 0.462. The lowest BCUT2D eigenvalue weighted by molar-refractivity contribution is 0.0786. The molecule has 0 radical (unpaired) electrons. The van der Waals surface area contributed by atoms with Crippen molar-refractivity contribution in [1.82, 2.24) is 10.2 Å². The molecule has 1 heterocycles. The molecule has 0 aliphatic rings. The maximum atomic E-state index is 9.92. The van der Waals surface area contributed by atoms with Gasteiger partial charge in [-0.15, -0.1) is 0 Å². The Morgan fingerprint density at radius 2 is 2.06 bits per heavy atom. The quantitative estimate of drug-likeness (QED) is 0.719. The van der Waals surface area contributed by atoms with Crippen LogP contribution >= 0.6 is 0 Å². The number of benzene rings is 1. The molecule has 0 aliphatic carbocycles. The molecule has 2 aromatic rings. The first kappa shape index (κ1) is 10.7. The van der Waals surface area contributed by atoms with Crippen molar-refractivity contribution in [3.63, 3.8) is 0 Å². The minimum Gasteiger partial charge on any atom is -0.386 e. The number of hydrogen-bond donors (Lipinski definition) is 3. The number of nitrogen functional groups attached to an aromatic ring is 1. The summed E-state index contributed by atoms with van der Waals surface area (Å²) in [5.41, 5.74) is 7.37. The Morgan fingerprint density at radius 3 is 2.62 bits per heavy atom. The largest absolute Gasteiger partial charge is 0.386 e. The Kier molecular flexibility index (Phi) is 2.44. The Morgan fingerprint density at radius 1 is 1.31 bits per heavy atom. The first-order valence-electron chi connectivity index (χ1n) is 5.11. The SMILES string of the molecule is CC(C)(O)c1cccc(-c2cc(N)n[nH]2)c1. The van der Waals surface area contributed by atoms with E-state index in [2.05, 4.69) is 10.2 Å². The van der Waals surface area contributed by atoms with E-state index < -0.39 is 5.60 Å². The number of anilines is 1. The van der Waals surface area contributed by atoms with Gasteiger partial charge in [0.25, 0.3) is 0 Å². The number of nitrogens with two attached hydrogens (primary N) is 1. The molecule has 0 unspecified atom stereocenters. The molecule has 1 aromatic carbocycles. The molecule has 0 saturated heterocycles. The number of aromatic nitrogens is 2. The van der Waals surface area contributed by atoms with Crippen LogP contribution in [-0.2, 0) is 5.60 Å². The highest BCUT2D eigenvalue weighted by Crippen LogP contribution is 2.25. The molecule has 2 rings (SSSR count). The first-order valence-corrected chi connectivity index (χ1v) is 5.11. The van der Waals surface area contributed by atoms with Gasteiger partial charge in [-0.1, -0.05) is 18.2 Å². The normalized spacial score (nSPS) is 11.7. The summed E-state index contributed by atoms with van der Waals surface area (Å²) in [6, 6.07) is 9.43. The number of H-pyrrole nitrogens is 1. The van der Waals surface area contributed by atoms with Crippen LogP contribution in [0.5, 0.6) is 0 Å². The smallest absolute Gasteiger partial charge is 0.145 e. The van der Waals surface area contributed by atoms with Crippen molar-refractivity contribution in [1.29, 1.82) is 0 Å². The van der Waals surface area contributed by atoms with Crippen molar-refractivity contribution in [2.75, 3.05) is 5.73 Å². The molecule has 0 saturated carbocycles. The monoisotopic (exact) mass is 217 g/mol. The molecule has 4 heteroatoms. The molecule has 0 atom stereocenters. The Balaban J connectivity index is 2.44. The standard InChI is InChI=1S/C12H15N3O/c1-12(2,16)9-5-3-4-8(6-9)10-7-11(13)15-14-10/h3-7,16H,1-2H3,(H3,13,14,15). The molecule has 0 fully saturated rings. The highest BCUT2D eigenvalue weighted by Gasteiger charge is 2.16. The fourth-order valence-electron chi connectivity index (χ4n) is 1.55. The predicted molar refractivity (Wildman–Crippen MR) is 63.7 cm³/mol. The van der Waals surface area contributed by atoms with E-state index in [0.717, 1.165) is 16.8 Å². The zero-order valence-corrected chi connectivity index (χ0v) is 9.36. The summed E-state index contributed by atoms with van der Waals surface area (Å²) in [6.07, 6.45) is 0. The lowest BCUT2D eigenvalue weighted by Crippen LogP contribution is -2.15. The summed E-state index contributed by atoms with van der Waals surface area (Å²) in [4.78, 5) is 0. The maximum Gasteiger partial charge on any atom is 0.145 e. The van der Waals surface area contributed by atoms with Crippen molar-refractivity contribution in [3.8, 4) is 11.3 Å². The van der Waals surface area contributed by atoms with Gasteiger partial charge in [0.2, 0.25) is 0 Å². The van der Waals surface area contributed by atoms with E-state index in [9.17, 15) is 5.11 Å². The molecule has 4 N–H and O–H groups in total. The molecule has 0 aliphatic heterocycles. The maximum absolute atomic E-state index is 9.92. The van der Waals surface area contributed by atoms with Gasteiger partial charge < -0.3 is 10.8 Å². The highest BCUT2D eigenvalue weighted by atomic mass is 16.3. The van der Waals surface area contributed by atoms with E-state index in [1.807, 2.05) is 24.3 Å². The molecule has 1 aromatic heterocycles. The van der Waals surface area contributed by atoms with Crippen LogP contribution in [-0.4, -0.2) is 15.3 Å². The second-order valence-corrected chi connectivity index (χ2v) is 4.35. The van der Waals surface area contributed by atoms with Gasteiger partial charge in [0.05, 0.1) is 11.3 Å². The number of hydrogen-bond acceptors (Lipinski definition) is 3. The fourth-order valence-corrected chi connectivity index (χ4v) is 1.55. The summed E-state index contributed by atoms with van der Waals surface area (Å²) in [7, 11) is 0. The number of nitrogens with one attached hydrogen (secondary N) is 1. The van der Waals surface area contributed by atoms with E-state index in [4.69, 9.17) is 5.73 Å². The van der Waals surface area contributed by atoms with Crippen LogP contribution < -0.4 is 5.73 Å². The second-order valence-electron chi connectivity index (χ2n) is 4.35. The van der Waals surface area contributed by atoms with Crippen molar-refractivity contribution >= 4 is 5.82 Å². The van der Waals surface area contributed by atoms with E-state index in [1.165, 1.54) is 0 Å². The number of nitrogens with zero attached hydrogens (tertiary/aromatic N) is 1. The van der Waals surface area contributed by atoms with Crippen LogP contribution in [0.1, 0.15) is 19.4 Å². The third kappa shape index (κ3) is 2.06. The van der Waals surface area contributed by atoms with Crippen molar-refractivity contribution in [2.24, 2.45) is 0 Å². The summed E-state index contributed by atoms with van der Waals surface area (Å²) in [5.74, 6) is 0.462. The third-order valence-corrected chi connectivity index (χ3v) is 2.48. The van der Waals surface area contributed by atoms with Gasteiger partial charge >= 0.3 is 0 Å². The summed E-state index contributed by atoms with van der Waals surface area (Å²) in [6.45, 7) is 3.51. The van der Waals surface area contributed by atoms with Gasteiger partial charge in [-0.05, 0) is 31.0 Å². The molecule has 16 heavy (non-hydrogen) atoms. The van der Waals surface area contributed by atoms with Gasteiger partial charge in [-0.2, -0.15) is 5.10 Å². The summed E-state index contributed by atoms with van der Waals surface area (Å²) in [5, 5.41) is 16.6. The van der Waals surface area contributed by atoms with Gasteiger partial charge in [0.15, 0.2) is 0 Å². The number of aliphatic hydroxyl groups is 1. The summed E-state index contributed by atoms with van der Waals surface area (Å²) < 4.78 is 0. The Labute approximate surface area is 94.1 Å². The number of rotatable bonds is 2. The zero-order valence-electron chi connectivity index (χ0n) is 9.36. The van der Waals surface area contributed by atoms with E-state index in [0.29, 0.717) is 5.82 Å². The molecular formula is C12H15N3O. The summed E-state index contributed by atoms with van der Waals surface area (Å²) >= 11 is 0. The van der Waals surface area contributed by atoms with Crippen molar-refractivity contribution in [3.05, 3.63) is 35.9 Å². The van der Waals surface area contributed by atoms with Crippen molar-refractivity contribution in [2.45, 2.75) is 19.4 Å². The van der Waals surface area contributed by atoms with E-state index in [-0.39, 0.29) is 0 Å². The minimum atomic E-state index is -0.846. The van der Waals surface area contributed by atoms with Gasteiger partial charge in [0.1, 0.15) is 5.82 Å². The molecule has 4 nitrogen and oxygen atoms in total. The number of aromatic amines is 1. The predicted octanol–water partition coefficient (Wildman–Crippen LogP) is 1.89. The van der Waals surface area contributed by atoms with Crippen LogP contribution in [0, 0.1) is 0 Å². The van der Waals surface area contributed by atoms with Gasteiger partial charge in [-0.3, -0.25) is 5.10 Å². The van der Waals surface area contributed by atoms with E-state index in [1.54, 1.807) is 19.9 Å². The molecule has 0 spiro atoms. The molecule has 84 valence electrons. The molecule has 0 bridgehead atoms. The first-order chi connectivity index (χ1) is 7.47. The zero-order chi connectivity index (χ0) is 11.8. The Bertz CT molecular complexity index is 497. The average Bonchev–Trinajstić information content (AvgIpc) is 2.64. The van der Waals surface area contributed by atoms with Crippen LogP contribution in [0.15, 0.2) is 30.3 Å². The van der Waals surface area contributed by atoms with Crippen LogP contribution in [0.3, 0.4) is 0 Å². The van der Waals surface area contributed by atoms with Crippen LogP contribution in [0.2, 0.25) is 0 Å². The van der Waals surface area contributed by atoms with Crippen molar-refractivity contribution < 1.29 is 5.11 Å². The second kappa shape index (κ2) is 3.64. The van der Waals surface area contributed by atoms with Crippen LogP contribution in [0.4, 0.5) is 5.82 Å². The highest BCUT2D eigenvalue weighted by molar-refractivity contribution is 5.63. The topological polar surface area (TPSA) is 74.9 Å². The Hall–Kier alpha value is -1.81. The average molecular weight is 217 g/mol.